The summed E-state index contributed by atoms with van der Waals surface area (Å²) < 4.78 is 22.6. The van der Waals surface area contributed by atoms with Gasteiger partial charge in [0.15, 0.2) is 0 Å². The highest BCUT2D eigenvalue weighted by Crippen LogP contribution is 2.34. The third-order valence-corrected chi connectivity index (χ3v) is 28.3. The lowest BCUT2D eigenvalue weighted by Crippen LogP contribution is -2.59. The maximum atomic E-state index is 11.4. The molecule has 22 heteroatoms. The number of imidazole rings is 1. The summed E-state index contributed by atoms with van der Waals surface area (Å²) >= 11 is 0. The summed E-state index contributed by atoms with van der Waals surface area (Å²) in [7, 11) is 1.78. The van der Waals surface area contributed by atoms with Gasteiger partial charge in [-0.05, 0) is 166 Å². The molecule has 5 fully saturated rings. The summed E-state index contributed by atoms with van der Waals surface area (Å²) in [5.74, 6) is 9.12. The zero-order chi connectivity index (χ0) is 79.9. The zero-order valence-corrected chi connectivity index (χ0v) is 74.6. The number of piperazine rings is 3. The molecule has 1 atom stereocenters. The molecule has 106 heavy (non-hydrogen) atoms. The molecule has 0 N–H and O–H groups in total. The number of cyclic esters (lactones) is 1. The number of hydrogen-bond donors (Lipinski definition) is 0. The minimum Gasteiger partial charge on any atom is -0.447 e. The molecule has 1 unspecified atom stereocenters. The molecule has 0 aliphatic carbocycles. The Bertz CT molecular complexity index is 2940. The van der Waals surface area contributed by atoms with E-state index in [9.17, 15) is 4.79 Å². The van der Waals surface area contributed by atoms with Gasteiger partial charge in [0, 0.05) is 189 Å². The molecular weight excluding hydrogens is 1330 g/mol. The van der Waals surface area contributed by atoms with Crippen molar-refractivity contribution in [1.29, 1.82) is 0 Å². The van der Waals surface area contributed by atoms with Gasteiger partial charge in [-0.25, -0.2) is 9.78 Å². The van der Waals surface area contributed by atoms with Crippen LogP contribution in [-0.2, 0) is 53.5 Å². The molecular formula is C84H164N18O4. The van der Waals surface area contributed by atoms with Crippen LogP contribution >= 0.6 is 0 Å². The van der Waals surface area contributed by atoms with Crippen molar-refractivity contribution in [2.24, 2.45) is 41.4 Å². The molecule has 11 rings (SSSR count). The normalized spacial score (nSPS) is 21.2. The molecule has 5 saturated heterocycles. The van der Waals surface area contributed by atoms with Crippen LogP contribution in [0.3, 0.4) is 0 Å². The second-order valence-corrected chi connectivity index (χ2v) is 38.4. The second kappa shape index (κ2) is 39.7. The average molecular weight is 1490 g/mol. The van der Waals surface area contributed by atoms with Crippen molar-refractivity contribution in [3.8, 4) is 0 Å². The number of carbonyl (C=O) groups is 1. The summed E-state index contributed by atoms with van der Waals surface area (Å²) in [6.07, 6.45) is 5.68. The van der Waals surface area contributed by atoms with Crippen molar-refractivity contribution in [2.45, 2.75) is 311 Å². The molecule has 0 radical (unpaired) electrons. The van der Waals surface area contributed by atoms with Crippen LogP contribution in [0.4, 0.5) is 4.79 Å². The minimum atomic E-state index is -0.132. The lowest BCUT2D eigenvalue weighted by Gasteiger charge is -2.48. The van der Waals surface area contributed by atoms with E-state index in [4.69, 9.17) is 14.2 Å². The van der Waals surface area contributed by atoms with Gasteiger partial charge in [-0.2, -0.15) is 0 Å². The van der Waals surface area contributed by atoms with Crippen molar-refractivity contribution in [3.05, 3.63) is 42.0 Å². The molecule has 11 heterocycles. The maximum Gasteiger partial charge on any atom is 0.410 e. The van der Waals surface area contributed by atoms with E-state index in [2.05, 4.69) is 304 Å². The van der Waals surface area contributed by atoms with Crippen LogP contribution < -0.4 is 0 Å². The number of aryl methyl sites for hydroxylation is 1. The first-order valence-electron chi connectivity index (χ1n) is 41.6. The lowest BCUT2D eigenvalue weighted by molar-refractivity contribution is -0.118. The quantitative estimate of drug-likeness (QED) is 0.118. The van der Waals surface area contributed by atoms with E-state index < -0.39 is 0 Å². The van der Waals surface area contributed by atoms with Gasteiger partial charge in [-0.3, -0.25) is 44.1 Å². The molecule has 0 bridgehead atoms. The summed E-state index contributed by atoms with van der Waals surface area (Å²) in [6, 6.07) is 0.263. The Hall–Kier alpha value is -3.68. The second-order valence-electron chi connectivity index (χ2n) is 38.4. The monoisotopic (exact) mass is 1490 g/mol. The number of nitrogens with zero attached hydrogens (tertiary/aromatic N) is 18. The number of likely N-dealkylation sites (N-methyl/N-ethyl adjacent to an activating group) is 1. The van der Waals surface area contributed by atoms with Crippen LogP contribution in [0.2, 0.25) is 0 Å². The Labute approximate surface area is 649 Å². The fourth-order valence-electron chi connectivity index (χ4n) is 14.5. The third kappa shape index (κ3) is 24.7. The molecule has 0 saturated carbocycles. The number of hydrogen-bond acceptors (Lipinski definition) is 18. The molecule has 22 nitrogen and oxygen atoms in total. The standard InChI is InChI=1S/C13H28N2O.C12H22N4.C12H21N3.C12H22N2O2.C12H26N2.C12H25NO.C11H20N4/c1-12(2)13(3,4)15-8-6-14(7-9-15)10-11-16-5;1-9(2)12(4,5)15-6-7-16-10(3)13-14-11(16)8-15;1-10(2)12(3,4)15-8-7-14-6-5-13-11(14)9-15;1-9(2)12(3,4)13-5-6-14-10(7-13)8-16-11(14)15;1-6-13-7-9-14(10-8-13)12(4,5)11(2)3;1-10(2)12(5,6)13-7-8-14-11(3,4)9-13;1-9(2)11(3,4)15-6-5-14-8-12-13-10(14)7-15/h12H,6-11H2,1-5H3;9H,6-8H2,1-5H3;5-6,10H,7-9H2,1-4H3;9-10H,5-8H2,1-4H3;11H,6-10H2,1-5H3;10H,7-9H2,1-6H3;8-9H,5-7H2,1-4H3. The first kappa shape index (κ1) is 92.9. The zero-order valence-electron chi connectivity index (χ0n) is 74.6. The molecule has 0 aromatic carbocycles. The van der Waals surface area contributed by atoms with Gasteiger partial charge in [0.25, 0.3) is 0 Å². The fourth-order valence-corrected chi connectivity index (χ4v) is 14.5. The predicted octanol–water partition coefficient (Wildman–Crippen LogP) is 13.3. The van der Waals surface area contributed by atoms with Crippen LogP contribution in [0.25, 0.3) is 0 Å². The van der Waals surface area contributed by atoms with Crippen LogP contribution in [0.5, 0.6) is 0 Å². The van der Waals surface area contributed by atoms with Crippen LogP contribution in [-0.4, -0.2) is 289 Å². The summed E-state index contributed by atoms with van der Waals surface area (Å²) in [5, 5.41) is 16.5. The van der Waals surface area contributed by atoms with Crippen molar-refractivity contribution in [1.82, 2.24) is 88.1 Å². The number of amides is 1. The fraction of sp³-hybridized carbons (Fsp3) is 0.905. The van der Waals surface area contributed by atoms with E-state index in [0.717, 1.165) is 135 Å². The molecule has 0 spiro atoms. The summed E-state index contributed by atoms with van der Waals surface area (Å²) in [5.41, 5.74) is 1.90. The van der Waals surface area contributed by atoms with E-state index in [-0.39, 0.29) is 45.4 Å². The van der Waals surface area contributed by atoms with Gasteiger partial charge in [0.2, 0.25) is 0 Å². The van der Waals surface area contributed by atoms with Crippen molar-refractivity contribution in [2.75, 3.05) is 145 Å². The van der Waals surface area contributed by atoms with E-state index in [0.29, 0.717) is 53.2 Å². The topological polar surface area (TPSA) is 156 Å². The first-order chi connectivity index (χ1) is 49.1. The number of morpholine rings is 1. The number of fused-ring (bicyclic) bond motifs is 4. The SMILES string of the molecule is CC(C)C(C)(C)N1CCN2C(=O)OCC2C1.CC(C)C(C)(C)N1CCOC(C)(C)C1.CC(C)C(C)(C)N1CCn2ccnc2C1.CC(C)C(C)(C)N1CCn2cnnc2C1.CCN1CCN(C(C)(C)C(C)C)CC1.COCCN1CCN(C(C)(C)C(C)C)CC1.Cc1nnc2n1CCN(C(C)(C)C(C)C)C2. The smallest absolute Gasteiger partial charge is 0.410 e. The summed E-state index contributed by atoms with van der Waals surface area (Å²) in [6.45, 7) is 102. The maximum absolute atomic E-state index is 11.4. The first-order valence-corrected chi connectivity index (χ1v) is 41.6. The van der Waals surface area contributed by atoms with Gasteiger partial charge in [0.05, 0.1) is 44.5 Å². The van der Waals surface area contributed by atoms with Gasteiger partial charge in [0.1, 0.15) is 36.2 Å². The Kier molecular flexibility index (Phi) is 34.8. The van der Waals surface area contributed by atoms with Crippen molar-refractivity contribution >= 4 is 6.09 Å². The number of methoxy groups -OCH3 is 1. The molecule has 1 amide bonds. The molecule has 8 aliphatic heterocycles. The number of ether oxygens (including phenoxy) is 3. The third-order valence-electron chi connectivity index (χ3n) is 28.3. The highest BCUT2D eigenvalue weighted by molar-refractivity contribution is 5.70. The van der Waals surface area contributed by atoms with Gasteiger partial charge in [-0.1, -0.05) is 104 Å². The number of carbonyl (C=O) groups excluding carboxylic acids is 1. The number of aromatic nitrogens is 8. The van der Waals surface area contributed by atoms with E-state index in [1.54, 1.807) is 7.11 Å². The van der Waals surface area contributed by atoms with Crippen molar-refractivity contribution < 1.29 is 19.0 Å². The van der Waals surface area contributed by atoms with E-state index >= 15 is 0 Å². The molecule has 3 aromatic rings. The Morgan fingerprint density at radius 3 is 1.37 bits per heavy atom. The summed E-state index contributed by atoms with van der Waals surface area (Å²) in [4.78, 5) is 40.6. The van der Waals surface area contributed by atoms with Gasteiger partial charge in [-0.15, -0.1) is 20.4 Å². The Morgan fingerprint density at radius 1 is 0.481 bits per heavy atom. The molecule has 614 valence electrons. The highest BCUT2D eigenvalue weighted by atomic mass is 16.6. The van der Waals surface area contributed by atoms with Gasteiger partial charge >= 0.3 is 6.09 Å². The molecule has 3 aromatic heterocycles. The average Bonchev–Trinajstić information content (AvgIpc) is 1.46. The van der Waals surface area contributed by atoms with Crippen LogP contribution in [0.1, 0.15) is 238 Å². The molecule has 8 aliphatic rings. The van der Waals surface area contributed by atoms with E-state index in [1.165, 1.54) is 64.7 Å². The lowest BCUT2D eigenvalue weighted by atomic mass is 9.87. The minimum absolute atomic E-state index is 0.0183. The van der Waals surface area contributed by atoms with Gasteiger partial charge < -0.3 is 32.8 Å². The number of rotatable bonds is 18. The van der Waals surface area contributed by atoms with Crippen LogP contribution in [0.15, 0.2) is 18.7 Å². The Morgan fingerprint density at radius 2 is 0.896 bits per heavy atom. The predicted molar refractivity (Wildman–Crippen MR) is 439 cm³/mol. The largest absolute Gasteiger partial charge is 0.447 e. The Balaban J connectivity index is 0.000000222. The highest BCUT2D eigenvalue weighted by Gasteiger charge is 2.44. The van der Waals surface area contributed by atoms with Crippen molar-refractivity contribution in [3.63, 3.8) is 0 Å². The van der Waals surface area contributed by atoms with E-state index in [1.807, 2.05) is 24.3 Å². The van der Waals surface area contributed by atoms with Crippen LogP contribution in [0, 0.1) is 48.3 Å².